The Kier molecular flexibility index (Phi) is 6.89. The average molecular weight is 396 g/mol. The second-order valence-electron chi connectivity index (χ2n) is 5.81. The number of aryl methyl sites for hydroxylation is 2. The van der Waals surface area contributed by atoms with Gasteiger partial charge in [0.2, 0.25) is 0 Å². The van der Waals surface area contributed by atoms with Crippen LogP contribution in [0.3, 0.4) is 0 Å². The molecule has 0 aromatic heterocycles. The lowest BCUT2D eigenvalue weighted by atomic mass is 10.1. The highest BCUT2D eigenvalue weighted by Crippen LogP contribution is 2.27. The van der Waals surface area contributed by atoms with Gasteiger partial charge < -0.3 is 14.8 Å². The molecule has 1 atom stereocenters. The fraction of sp³-hybridized carbons (Fsp3) is 0.263. The predicted octanol–water partition coefficient (Wildman–Crippen LogP) is 4.56. The summed E-state index contributed by atoms with van der Waals surface area (Å²) in [5.41, 5.74) is 2.32. The van der Waals surface area contributed by atoms with Crippen molar-refractivity contribution in [3.05, 3.63) is 57.6 Å². The van der Waals surface area contributed by atoms with Gasteiger partial charge in [-0.25, -0.2) is 4.79 Å². The molecule has 1 N–H and O–H groups in total. The zero-order chi connectivity index (χ0) is 19.3. The van der Waals surface area contributed by atoms with E-state index in [-0.39, 0.29) is 0 Å². The van der Waals surface area contributed by atoms with Crippen LogP contribution in [0.1, 0.15) is 18.1 Å². The van der Waals surface area contributed by atoms with E-state index in [2.05, 4.69) is 5.32 Å². The number of anilines is 1. The van der Waals surface area contributed by atoms with Gasteiger partial charge in [-0.1, -0.05) is 29.3 Å². The second-order valence-corrected chi connectivity index (χ2v) is 6.65. The quantitative estimate of drug-likeness (QED) is 0.728. The van der Waals surface area contributed by atoms with Gasteiger partial charge in [0.25, 0.3) is 5.91 Å². The van der Waals surface area contributed by atoms with Crippen molar-refractivity contribution in [1.82, 2.24) is 0 Å². The van der Waals surface area contributed by atoms with Crippen molar-refractivity contribution in [2.45, 2.75) is 26.9 Å². The molecule has 2 rings (SSSR count). The number of carbonyl (C=O) groups is 2. The molecule has 2 aromatic rings. The SMILES string of the molecule is Cc1cc(C)c(NC(=O)COC(=O)[C@@H](C)Oc2ccc(Cl)cc2)c(Cl)c1. The Morgan fingerprint density at radius 2 is 1.77 bits per heavy atom. The maximum atomic E-state index is 12.0. The van der Waals surface area contributed by atoms with E-state index in [0.717, 1.165) is 11.1 Å². The van der Waals surface area contributed by atoms with E-state index in [1.807, 2.05) is 19.9 Å². The van der Waals surface area contributed by atoms with Crippen LogP contribution in [-0.4, -0.2) is 24.6 Å². The first-order chi connectivity index (χ1) is 12.3. The zero-order valence-corrected chi connectivity index (χ0v) is 16.1. The van der Waals surface area contributed by atoms with E-state index < -0.39 is 24.6 Å². The Balaban J connectivity index is 1.86. The fourth-order valence-corrected chi connectivity index (χ4v) is 2.76. The van der Waals surface area contributed by atoms with Crippen molar-refractivity contribution < 1.29 is 19.1 Å². The summed E-state index contributed by atoms with van der Waals surface area (Å²) in [6, 6.07) is 10.2. The summed E-state index contributed by atoms with van der Waals surface area (Å²) in [4.78, 5) is 24.0. The smallest absolute Gasteiger partial charge is 0.347 e. The Morgan fingerprint density at radius 1 is 1.12 bits per heavy atom. The van der Waals surface area contributed by atoms with Crippen LogP contribution in [0, 0.1) is 13.8 Å². The predicted molar refractivity (Wildman–Crippen MR) is 102 cm³/mol. The van der Waals surface area contributed by atoms with E-state index in [4.69, 9.17) is 32.7 Å². The third kappa shape index (κ3) is 5.64. The van der Waals surface area contributed by atoms with E-state index >= 15 is 0 Å². The molecule has 0 heterocycles. The largest absolute Gasteiger partial charge is 0.479 e. The number of amides is 1. The van der Waals surface area contributed by atoms with Gasteiger partial charge >= 0.3 is 5.97 Å². The van der Waals surface area contributed by atoms with Crippen molar-refractivity contribution in [3.8, 4) is 5.75 Å². The maximum absolute atomic E-state index is 12.0. The third-order valence-electron chi connectivity index (χ3n) is 3.50. The van der Waals surface area contributed by atoms with Crippen LogP contribution in [0.15, 0.2) is 36.4 Å². The average Bonchev–Trinajstić information content (AvgIpc) is 2.57. The fourth-order valence-electron chi connectivity index (χ4n) is 2.27. The number of nitrogens with one attached hydrogen (secondary N) is 1. The van der Waals surface area contributed by atoms with Gasteiger partial charge in [-0.15, -0.1) is 0 Å². The number of esters is 1. The number of ether oxygens (including phenoxy) is 2. The van der Waals surface area contributed by atoms with Crippen molar-refractivity contribution in [2.24, 2.45) is 0 Å². The molecular formula is C19H19Cl2NO4. The zero-order valence-electron chi connectivity index (χ0n) is 14.6. The van der Waals surface area contributed by atoms with Crippen molar-refractivity contribution in [3.63, 3.8) is 0 Å². The Bertz CT molecular complexity index is 783. The standard InChI is InChI=1S/C19H19Cl2NO4/c1-11-8-12(2)18(16(21)9-11)22-17(23)10-25-19(24)13(3)26-15-6-4-14(20)5-7-15/h4-9,13H,10H2,1-3H3,(H,22,23)/t13-/m1/s1. The molecule has 1 amide bonds. The number of hydrogen-bond acceptors (Lipinski definition) is 4. The van der Waals surface area contributed by atoms with E-state index in [1.54, 1.807) is 30.3 Å². The first kappa shape index (κ1) is 20.1. The lowest BCUT2D eigenvalue weighted by Crippen LogP contribution is -2.29. The third-order valence-corrected chi connectivity index (χ3v) is 4.05. The molecule has 5 nitrogen and oxygen atoms in total. The number of halogens is 2. The van der Waals surface area contributed by atoms with Crippen LogP contribution in [0.4, 0.5) is 5.69 Å². The molecule has 138 valence electrons. The summed E-state index contributed by atoms with van der Waals surface area (Å²) in [5, 5.41) is 3.65. The summed E-state index contributed by atoms with van der Waals surface area (Å²) in [6.45, 7) is 4.85. The Hall–Kier alpha value is -2.24. The van der Waals surface area contributed by atoms with E-state index in [1.165, 1.54) is 6.92 Å². The Morgan fingerprint density at radius 3 is 2.38 bits per heavy atom. The topological polar surface area (TPSA) is 64.6 Å². The summed E-state index contributed by atoms with van der Waals surface area (Å²) in [7, 11) is 0. The monoisotopic (exact) mass is 395 g/mol. The molecule has 0 aliphatic heterocycles. The molecule has 0 aliphatic rings. The summed E-state index contributed by atoms with van der Waals surface area (Å²) < 4.78 is 10.4. The molecule has 0 bridgehead atoms. The first-order valence-electron chi connectivity index (χ1n) is 7.91. The number of hydrogen-bond donors (Lipinski definition) is 1. The van der Waals surface area contributed by atoms with Crippen LogP contribution in [0.5, 0.6) is 5.75 Å². The summed E-state index contributed by atoms with van der Waals surface area (Å²) in [5.74, 6) is -0.655. The minimum absolute atomic E-state index is 0.432. The highest BCUT2D eigenvalue weighted by Gasteiger charge is 2.18. The molecule has 0 radical (unpaired) electrons. The highest BCUT2D eigenvalue weighted by atomic mass is 35.5. The normalized spacial score (nSPS) is 11.6. The van der Waals surface area contributed by atoms with Crippen molar-refractivity contribution in [2.75, 3.05) is 11.9 Å². The van der Waals surface area contributed by atoms with Crippen molar-refractivity contribution >= 4 is 40.8 Å². The lowest BCUT2D eigenvalue weighted by molar-refractivity contribution is -0.153. The molecule has 7 heteroatoms. The van der Waals surface area contributed by atoms with Gasteiger partial charge in [0.1, 0.15) is 5.75 Å². The van der Waals surface area contributed by atoms with Gasteiger partial charge in [-0.2, -0.15) is 0 Å². The van der Waals surface area contributed by atoms with Crippen LogP contribution >= 0.6 is 23.2 Å². The van der Waals surface area contributed by atoms with Crippen LogP contribution in [-0.2, 0) is 14.3 Å². The van der Waals surface area contributed by atoms with Crippen molar-refractivity contribution in [1.29, 1.82) is 0 Å². The number of benzene rings is 2. The minimum Gasteiger partial charge on any atom is -0.479 e. The van der Waals surface area contributed by atoms with E-state index in [0.29, 0.717) is 21.5 Å². The molecule has 0 saturated heterocycles. The molecule has 0 spiro atoms. The highest BCUT2D eigenvalue weighted by molar-refractivity contribution is 6.34. The van der Waals surface area contributed by atoms with Gasteiger partial charge in [-0.3, -0.25) is 4.79 Å². The van der Waals surface area contributed by atoms with Gasteiger partial charge in [0, 0.05) is 5.02 Å². The molecular weight excluding hydrogens is 377 g/mol. The van der Waals surface area contributed by atoms with Crippen LogP contribution < -0.4 is 10.1 Å². The second kappa shape index (κ2) is 8.92. The molecule has 0 saturated carbocycles. The minimum atomic E-state index is -0.867. The number of carbonyl (C=O) groups excluding carboxylic acids is 2. The molecule has 2 aromatic carbocycles. The van der Waals surface area contributed by atoms with Gasteiger partial charge in [0.15, 0.2) is 12.7 Å². The van der Waals surface area contributed by atoms with Gasteiger partial charge in [-0.05, 0) is 62.2 Å². The number of rotatable bonds is 6. The van der Waals surface area contributed by atoms with E-state index in [9.17, 15) is 9.59 Å². The molecule has 26 heavy (non-hydrogen) atoms. The summed E-state index contributed by atoms with van der Waals surface area (Å²) >= 11 is 11.9. The Labute approximate surface area is 162 Å². The van der Waals surface area contributed by atoms with Gasteiger partial charge in [0.05, 0.1) is 10.7 Å². The van der Waals surface area contributed by atoms with Crippen LogP contribution in [0.2, 0.25) is 10.0 Å². The molecule has 0 fully saturated rings. The molecule has 0 aliphatic carbocycles. The summed E-state index contributed by atoms with van der Waals surface area (Å²) in [6.07, 6.45) is -0.867. The lowest BCUT2D eigenvalue weighted by Gasteiger charge is -2.15. The maximum Gasteiger partial charge on any atom is 0.347 e. The molecule has 0 unspecified atom stereocenters. The van der Waals surface area contributed by atoms with Crippen LogP contribution in [0.25, 0.3) is 0 Å². The first-order valence-corrected chi connectivity index (χ1v) is 8.67.